The van der Waals surface area contributed by atoms with Crippen molar-refractivity contribution < 1.29 is 19.1 Å². The van der Waals surface area contributed by atoms with Crippen LogP contribution in [0.5, 0.6) is 0 Å². The molecule has 2 amide bonds. The first-order chi connectivity index (χ1) is 10.1. The summed E-state index contributed by atoms with van der Waals surface area (Å²) < 4.78 is 10.9. The number of hydrogen-bond acceptors (Lipinski definition) is 5. The zero-order valence-corrected chi connectivity index (χ0v) is 15.0. The highest BCUT2D eigenvalue weighted by atomic mass is 127. The van der Waals surface area contributed by atoms with E-state index in [1.807, 2.05) is 20.6 Å². The van der Waals surface area contributed by atoms with Crippen molar-refractivity contribution >= 4 is 50.5 Å². The Kier molecular flexibility index (Phi) is 13.9. The zero-order valence-electron chi connectivity index (χ0n) is 12.8. The number of halogens is 1. The van der Waals surface area contributed by atoms with Crippen LogP contribution in [0.15, 0.2) is 0 Å². The summed E-state index contributed by atoms with van der Waals surface area (Å²) in [6.07, 6.45) is 0.986. The molecule has 21 heavy (non-hydrogen) atoms. The summed E-state index contributed by atoms with van der Waals surface area (Å²) in [5, 5.41) is 5.29. The van der Waals surface area contributed by atoms with Gasteiger partial charge in [-0.3, -0.25) is 4.90 Å². The number of carbonyl (C=O) groups excluding carboxylic acids is 2. The van der Waals surface area contributed by atoms with E-state index in [2.05, 4.69) is 33.2 Å². The van der Waals surface area contributed by atoms with E-state index in [-0.39, 0.29) is 12.2 Å². The fourth-order valence-electron chi connectivity index (χ4n) is 1.32. The molecule has 0 saturated carbocycles. The van der Waals surface area contributed by atoms with Crippen LogP contribution in [0.25, 0.3) is 0 Å². The molecule has 2 N–H and O–H groups in total. The Morgan fingerprint density at radius 1 is 0.952 bits per heavy atom. The van der Waals surface area contributed by atoms with E-state index in [9.17, 15) is 9.59 Å². The third-order valence-electron chi connectivity index (χ3n) is 2.49. The summed E-state index contributed by atoms with van der Waals surface area (Å²) in [6, 6.07) is 0. The lowest BCUT2D eigenvalue weighted by molar-refractivity contribution is 0.115. The minimum Gasteiger partial charge on any atom is -0.448 e. The predicted octanol–water partition coefficient (Wildman–Crippen LogP) is -0.764. The molecule has 0 atom stereocenters. The Morgan fingerprint density at radius 2 is 1.38 bits per heavy atom. The summed E-state index contributed by atoms with van der Waals surface area (Å²) in [5.74, 6) is 0. The normalized spacial score (nSPS) is 10.2. The van der Waals surface area contributed by atoms with Crippen molar-refractivity contribution in [3.63, 3.8) is 0 Å². The molecule has 0 unspecified atom stereocenters. The molecule has 0 aromatic heterocycles. The molecule has 0 fully saturated rings. The van der Waals surface area contributed by atoms with Gasteiger partial charge in [0.2, 0.25) is 0 Å². The van der Waals surface area contributed by atoms with E-state index in [1.165, 1.54) is 0 Å². The van der Waals surface area contributed by atoms with Crippen molar-refractivity contribution in [3.05, 3.63) is 0 Å². The highest BCUT2D eigenvalue weighted by Gasteiger charge is 2.07. The van der Waals surface area contributed by atoms with Gasteiger partial charge in [-0.1, -0.05) is 35.2 Å². The second-order valence-corrected chi connectivity index (χ2v) is 5.05. The number of nitrogens with zero attached hydrogens (tertiary/aromatic N) is 1. The van der Waals surface area contributed by atoms with E-state index in [0.29, 0.717) is 39.4 Å². The van der Waals surface area contributed by atoms with Crippen molar-refractivity contribution in [2.45, 2.75) is 12.6 Å². The highest BCUT2D eigenvalue weighted by molar-refractivity contribution is 14.1. The first kappa shape index (κ1) is 20.4. The van der Waals surface area contributed by atoms with Gasteiger partial charge >= 0.3 is 12.2 Å². The lowest BCUT2D eigenvalue weighted by atomic mass is 10.1. The molecule has 0 aliphatic carbocycles. The smallest absolute Gasteiger partial charge is 0.407 e. The van der Waals surface area contributed by atoms with Crippen LogP contribution in [0, 0.1) is 0 Å². The quantitative estimate of drug-likeness (QED) is 0.202. The number of alkyl carbamates (subject to hydrolysis) is 2. The van der Waals surface area contributed by atoms with E-state index < -0.39 is 0 Å². The molecule has 0 radical (unpaired) electrons. The molecule has 0 aromatic carbocycles. The van der Waals surface area contributed by atoms with Crippen LogP contribution in [0.2, 0.25) is 12.6 Å². The third kappa shape index (κ3) is 12.8. The second kappa shape index (κ2) is 14.3. The van der Waals surface area contributed by atoms with Gasteiger partial charge in [-0.25, -0.2) is 9.59 Å². The van der Waals surface area contributed by atoms with Crippen molar-refractivity contribution in [2.24, 2.45) is 0 Å². The molecule has 120 valence electrons. The van der Waals surface area contributed by atoms with Crippen LogP contribution < -0.4 is 10.6 Å². The zero-order chi connectivity index (χ0) is 15.9. The topological polar surface area (TPSA) is 79.9 Å². The van der Waals surface area contributed by atoms with Crippen LogP contribution in [-0.2, 0) is 9.47 Å². The van der Waals surface area contributed by atoms with E-state index in [4.69, 9.17) is 9.47 Å². The number of amides is 2. The summed E-state index contributed by atoms with van der Waals surface area (Å²) in [6.45, 7) is 3.11. The maximum atomic E-state index is 11.2. The average molecular weight is 411 g/mol. The van der Waals surface area contributed by atoms with Gasteiger partial charge in [0, 0.05) is 26.2 Å². The average Bonchev–Trinajstić information content (AvgIpc) is 2.49. The standard InChI is InChI=1S/C11H24B2IN3O4/c12-1-3-15-10(18)20-7-5-17(9-14)6-8-21-11(19)16-4-2-13/h1-9,12-13H2,(H,15,18)(H,16,19). The molecular formula is C11H24B2IN3O4. The monoisotopic (exact) mass is 411 g/mol. The Labute approximate surface area is 141 Å². The van der Waals surface area contributed by atoms with Crippen LogP contribution >= 0.6 is 22.6 Å². The molecule has 10 heteroatoms. The number of carbonyl (C=O) groups is 2. The van der Waals surface area contributed by atoms with Gasteiger partial charge in [0.05, 0.1) is 4.55 Å². The van der Waals surface area contributed by atoms with Gasteiger partial charge in [0.1, 0.15) is 28.9 Å². The minimum absolute atomic E-state index is 0.320. The molecule has 0 aliphatic rings. The fourth-order valence-corrected chi connectivity index (χ4v) is 2.00. The van der Waals surface area contributed by atoms with Crippen molar-refractivity contribution in [3.8, 4) is 0 Å². The second-order valence-electron chi connectivity index (χ2n) is 4.36. The lowest BCUT2D eigenvalue weighted by Gasteiger charge is -2.19. The lowest BCUT2D eigenvalue weighted by Crippen LogP contribution is -2.34. The largest absolute Gasteiger partial charge is 0.448 e. The fraction of sp³-hybridized carbons (Fsp3) is 0.818. The first-order valence-electron chi connectivity index (χ1n) is 7.23. The maximum Gasteiger partial charge on any atom is 0.407 e. The number of hydrogen-bond donors (Lipinski definition) is 2. The van der Waals surface area contributed by atoms with Gasteiger partial charge in [-0.15, -0.1) is 0 Å². The maximum absolute atomic E-state index is 11.2. The molecule has 0 heterocycles. The molecule has 0 aromatic rings. The molecule has 0 bridgehead atoms. The summed E-state index contributed by atoms with van der Waals surface area (Å²) in [4.78, 5) is 24.5. The van der Waals surface area contributed by atoms with Crippen molar-refractivity contribution in [1.29, 1.82) is 0 Å². The molecule has 0 aliphatic heterocycles. The minimum atomic E-state index is -0.388. The Balaban J connectivity index is 3.66. The van der Waals surface area contributed by atoms with Crippen LogP contribution in [0.3, 0.4) is 0 Å². The van der Waals surface area contributed by atoms with Gasteiger partial charge < -0.3 is 20.1 Å². The van der Waals surface area contributed by atoms with Crippen LogP contribution in [-0.4, -0.2) is 76.7 Å². The molecular weight excluding hydrogens is 387 g/mol. The Hall–Kier alpha value is -0.640. The molecule has 0 rings (SSSR count). The molecule has 0 saturated heterocycles. The Morgan fingerprint density at radius 3 is 1.71 bits per heavy atom. The van der Waals surface area contributed by atoms with Crippen LogP contribution in [0.1, 0.15) is 0 Å². The summed E-state index contributed by atoms with van der Waals surface area (Å²) in [7, 11) is 3.96. The number of alkyl halides is 1. The Bertz CT molecular complexity index is 275. The summed E-state index contributed by atoms with van der Waals surface area (Å²) >= 11 is 2.22. The van der Waals surface area contributed by atoms with Gasteiger partial charge in [-0.2, -0.15) is 0 Å². The van der Waals surface area contributed by atoms with Crippen molar-refractivity contribution in [1.82, 2.24) is 15.5 Å². The van der Waals surface area contributed by atoms with Crippen LogP contribution in [0.4, 0.5) is 9.59 Å². The number of rotatable bonds is 11. The number of nitrogens with one attached hydrogen (secondary N) is 2. The summed E-state index contributed by atoms with van der Waals surface area (Å²) in [5.41, 5.74) is 0. The van der Waals surface area contributed by atoms with E-state index in [0.717, 1.165) is 17.2 Å². The van der Waals surface area contributed by atoms with E-state index in [1.54, 1.807) is 0 Å². The SMILES string of the molecule is BCCNC(=O)OCCN(CI)CCOC(=O)NCCB. The predicted molar refractivity (Wildman–Crippen MR) is 95.9 cm³/mol. The van der Waals surface area contributed by atoms with Gasteiger partial charge in [0.15, 0.2) is 0 Å². The van der Waals surface area contributed by atoms with Crippen molar-refractivity contribution in [2.75, 3.05) is 43.9 Å². The van der Waals surface area contributed by atoms with E-state index >= 15 is 0 Å². The molecule has 0 spiro atoms. The highest BCUT2D eigenvalue weighted by Crippen LogP contribution is 1.95. The van der Waals surface area contributed by atoms with Gasteiger partial charge in [-0.05, 0) is 0 Å². The molecule has 7 nitrogen and oxygen atoms in total. The number of ether oxygens (including phenoxy) is 2. The van der Waals surface area contributed by atoms with Gasteiger partial charge in [0.25, 0.3) is 0 Å². The first-order valence-corrected chi connectivity index (χ1v) is 8.76. The third-order valence-corrected chi connectivity index (χ3v) is 3.45.